The van der Waals surface area contributed by atoms with E-state index in [1.54, 1.807) is 35.0 Å². The zero-order valence-corrected chi connectivity index (χ0v) is 30.4. The largest absolute Gasteiger partial charge is 0.481 e. The number of piperidine rings is 1. The van der Waals surface area contributed by atoms with Crippen molar-refractivity contribution in [3.8, 4) is 29.2 Å². The molecule has 1 atom stereocenters. The van der Waals surface area contributed by atoms with Crippen LogP contribution in [-0.4, -0.2) is 58.9 Å². The molecule has 1 fully saturated rings. The highest BCUT2D eigenvalue weighted by Crippen LogP contribution is 2.36. The topological polar surface area (TPSA) is 142 Å². The number of ketones is 1. The second-order valence-corrected chi connectivity index (χ2v) is 13.9. The average molecular weight is 704 g/mol. The Morgan fingerprint density at radius 1 is 0.865 bits per heavy atom. The highest BCUT2D eigenvalue weighted by molar-refractivity contribution is 6.02. The lowest BCUT2D eigenvalue weighted by molar-refractivity contribution is 0.0915. The number of carbonyl (C=O) groups is 2. The maximum absolute atomic E-state index is 14.4. The Balaban J connectivity index is 1.25. The summed E-state index contributed by atoms with van der Waals surface area (Å²) < 4.78 is 18.2. The number of methoxy groups -OCH3 is 2. The van der Waals surface area contributed by atoms with Crippen molar-refractivity contribution in [1.29, 1.82) is 0 Å². The van der Waals surface area contributed by atoms with E-state index in [4.69, 9.17) is 19.3 Å². The normalized spacial score (nSPS) is 14.0. The van der Waals surface area contributed by atoms with Crippen molar-refractivity contribution in [3.05, 3.63) is 107 Å². The lowest BCUT2D eigenvalue weighted by Crippen LogP contribution is -2.33. The fourth-order valence-corrected chi connectivity index (χ4v) is 6.26. The van der Waals surface area contributed by atoms with Gasteiger partial charge in [-0.25, -0.2) is 9.48 Å². The second-order valence-electron chi connectivity index (χ2n) is 13.9. The first kappa shape index (κ1) is 36.1. The Morgan fingerprint density at radius 3 is 2.23 bits per heavy atom. The van der Waals surface area contributed by atoms with Gasteiger partial charge in [-0.1, -0.05) is 62.7 Å². The molecule has 3 aromatic carbocycles. The molecule has 3 N–H and O–H groups in total. The summed E-state index contributed by atoms with van der Waals surface area (Å²) in [4.78, 5) is 36.4. The smallest absolute Gasteiger partial charge is 0.328 e. The molecule has 1 unspecified atom stereocenters. The minimum atomic E-state index is -0.451. The van der Waals surface area contributed by atoms with Crippen LogP contribution in [0.3, 0.4) is 0 Å². The first-order valence-electron chi connectivity index (χ1n) is 17.4. The van der Waals surface area contributed by atoms with Crippen LogP contribution in [0.15, 0.2) is 84.9 Å². The number of aromatic nitrogens is 4. The number of nitrogens with one attached hydrogen (secondary N) is 3. The number of benzene rings is 3. The predicted octanol–water partition coefficient (Wildman–Crippen LogP) is 7.69. The number of ether oxygens (including phenoxy) is 3. The maximum atomic E-state index is 14.4. The van der Waals surface area contributed by atoms with Crippen LogP contribution in [0, 0.1) is 12.8 Å². The molecule has 0 saturated carbocycles. The van der Waals surface area contributed by atoms with Gasteiger partial charge < -0.3 is 24.8 Å². The number of carbonyl (C=O) groups excluding carboxylic acids is 2. The molecule has 1 saturated heterocycles. The van der Waals surface area contributed by atoms with Crippen molar-refractivity contribution < 1.29 is 23.8 Å². The molecule has 12 nitrogen and oxygen atoms in total. The van der Waals surface area contributed by atoms with E-state index in [9.17, 15) is 9.59 Å². The van der Waals surface area contributed by atoms with E-state index in [1.165, 1.54) is 14.2 Å². The number of anilines is 2. The fraction of sp³-hybridized carbons (Fsp3) is 0.325. The van der Waals surface area contributed by atoms with Crippen molar-refractivity contribution >= 4 is 23.3 Å². The number of nitrogens with zero attached hydrogens (tertiary/aromatic N) is 4. The summed E-state index contributed by atoms with van der Waals surface area (Å²) in [6, 6.07) is 25.6. The lowest BCUT2D eigenvalue weighted by Gasteiger charge is -2.30. The number of rotatable bonds is 11. The van der Waals surface area contributed by atoms with E-state index < -0.39 is 11.9 Å². The number of urea groups is 1. The van der Waals surface area contributed by atoms with E-state index in [2.05, 4.69) is 46.7 Å². The van der Waals surface area contributed by atoms with E-state index >= 15 is 0 Å². The van der Waals surface area contributed by atoms with Crippen molar-refractivity contribution in [2.75, 3.05) is 37.9 Å². The first-order valence-corrected chi connectivity index (χ1v) is 17.4. The molecule has 2 aromatic heterocycles. The summed E-state index contributed by atoms with van der Waals surface area (Å²) in [5, 5.41) is 14.2. The van der Waals surface area contributed by atoms with Gasteiger partial charge in [0.15, 0.2) is 5.78 Å². The van der Waals surface area contributed by atoms with Gasteiger partial charge in [0.25, 0.3) is 0 Å². The van der Waals surface area contributed by atoms with Gasteiger partial charge in [-0.05, 0) is 80.7 Å². The minimum absolute atomic E-state index is 0.0318. The van der Waals surface area contributed by atoms with Crippen LogP contribution >= 0.6 is 0 Å². The number of aryl methyl sites for hydroxylation is 1. The van der Waals surface area contributed by atoms with Crippen LogP contribution in [-0.2, 0) is 5.41 Å². The third-order valence-corrected chi connectivity index (χ3v) is 9.04. The Hall–Kier alpha value is -5.75. The quantitative estimate of drug-likeness (QED) is 0.118. The Bertz CT molecular complexity index is 2010. The molecule has 1 aliphatic rings. The molecule has 2 amide bonds. The maximum Gasteiger partial charge on any atom is 0.328 e. The fourth-order valence-electron chi connectivity index (χ4n) is 6.26. The molecule has 52 heavy (non-hydrogen) atoms. The predicted molar refractivity (Wildman–Crippen MR) is 200 cm³/mol. The number of hydrogen-bond acceptors (Lipinski definition) is 9. The van der Waals surface area contributed by atoms with Gasteiger partial charge in [-0.2, -0.15) is 15.1 Å². The number of Topliss-reactive ketones (excluding diaryl/α,β-unsaturated/α-hetero) is 1. The first-order chi connectivity index (χ1) is 25.0. The SMILES string of the molecule is COc1cc(OC)nc(Oc2cccc(C(=O)C(c3cccc(NC(=O)Nc4cc(C(C)(C)C)nn4-c4ccc(C)cc4)c3)C3CCNCC3)c2)n1. The Labute approximate surface area is 303 Å². The molecule has 6 rings (SSSR count). The van der Waals surface area contributed by atoms with Crippen molar-refractivity contribution in [2.24, 2.45) is 5.92 Å². The summed E-state index contributed by atoms with van der Waals surface area (Å²) in [5.74, 6) is 1.12. The van der Waals surface area contributed by atoms with Gasteiger partial charge in [0, 0.05) is 22.7 Å². The van der Waals surface area contributed by atoms with Crippen LogP contribution in [0.25, 0.3) is 5.69 Å². The summed E-state index contributed by atoms with van der Waals surface area (Å²) in [7, 11) is 2.99. The summed E-state index contributed by atoms with van der Waals surface area (Å²) in [6.07, 6.45) is 1.67. The van der Waals surface area contributed by atoms with Crippen LogP contribution in [0.5, 0.6) is 23.5 Å². The van der Waals surface area contributed by atoms with E-state index in [1.807, 2.05) is 61.5 Å². The van der Waals surface area contributed by atoms with Crippen LogP contribution in [0.4, 0.5) is 16.3 Å². The van der Waals surface area contributed by atoms with Gasteiger partial charge in [-0.15, -0.1) is 0 Å². The van der Waals surface area contributed by atoms with Crippen molar-refractivity contribution in [2.45, 2.75) is 51.9 Å². The summed E-state index contributed by atoms with van der Waals surface area (Å²) >= 11 is 0. The van der Waals surface area contributed by atoms with Gasteiger partial charge in [0.2, 0.25) is 11.8 Å². The van der Waals surface area contributed by atoms with Gasteiger partial charge in [0.1, 0.15) is 11.6 Å². The molecule has 0 radical (unpaired) electrons. The summed E-state index contributed by atoms with van der Waals surface area (Å²) in [6.45, 7) is 9.91. The van der Waals surface area contributed by atoms with Crippen LogP contribution < -0.4 is 30.2 Å². The van der Waals surface area contributed by atoms with Gasteiger partial charge in [-0.3, -0.25) is 10.1 Å². The standard InChI is InChI=1S/C40H45N7O5/c1-25-13-15-30(16-14-25)47-33(23-32(46-47)40(2,3)4)43-38(49)42-29-11-7-9-27(21-29)36(26-17-19-41-20-18-26)37(48)28-10-8-12-31(22-28)52-39-44-34(50-5)24-35(45-39)51-6/h7-16,21-24,26,36,41H,17-20H2,1-6H3,(H2,42,43,49). The molecular weight excluding hydrogens is 658 g/mol. The molecule has 1 aliphatic heterocycles. The van der Waals surface area contributed by atoms with Gasteiger partial charge >= 0.3 is 12.0 Å². The molecule has 0 spiro atoms. The lowest BCUT2D eigenvalue weighted by atomic mass is 9.76. The van der Waals surface area contributed by atoms with Gasteiger partial charge in [0.05, 0.1) is 37.6 Å². The average Bonchev–Trinajstić information content (AvgIpc) is 3.57. The van der Waals surface area contributed by atoms with Crippen LogP contribution in [0.1, 0.15) is 66.7 Å². The monoisotopic (exact) mass is 703 g/mol. The Kier molecular flexibility index (Phi) is 10.8. The van der Waals surface area contributed by atoms with E-state index in [-0.39, 0.29) is 34.9 Å². The van der Waals surface area contributed by atoms with Crippen molar-refractivity contribution in [3.63, 3.8) is 0 Å². The third kappa shape index (κ3) is 8.57. The molecule has 0 aliphatic carbocycles. The zero-order chi connectivity index (χ0) is 36.8. The van der Waals surface area contributed by atoms with E-state index in [0.717, 1.165) is 48.4 Å². The number of amides is 2. The minimum Gasteiger partial charge on any atom is -0.481 e. The highest BCUT2D eigenvalue weighted by Gasteiger charge is 2.32. The van der Waals surface area contributed by atoms with E-state index in [0.29, 0.717) is 22.8 Å². The molecule has 3 heterocycles. The van der Waals surface area contributed by atoms with Crippen molar-refractivity contribution in [1.82, 2.24) is 25.1 Å². The third-order valence-electron chi connectivity index (χ3n) is 9.04. The molecule has 270 valence electrons. The molecular formula is C40H45N7O5. The molecule has 0 bridgehead atoms. The molecule has 5 aromatic rings. The zero-order valence-electron chi connectivity index (χ0n) is 30.4. The highest BCUT2D eigenvalue weighted by atomic mass is 16.5. The second kappa shape index (κ2) is 15.6. The number of hydrogen-bond donors (Lipinski definition) is 3. The molecule has 12 heteroatoms. The van der Waals surface area contributed by atoms with Crippen LogP contribution in [0.2, 0.25) is 0 Å². The summed E-state index contributed by atoms with van der Waals surface area (Å²) in [5.41, 5.74) is 4.47. The Morgan fingerprint density at radius 2 is 1.56 bits per heavy atom.